The Labute approximate surface area is 112 Å². The molecule has 0 unspecified atom stereocenters. The molecule has 0 atom stereocenters. The number of carbonyl (C=O) groups is 1. The van der Waals surface area contributed by atoms with Crippen LogP contribution in [0.1, 0.15) is 29.6 Å². The number of hydrogen-bond acceptors (Lipinski definition) is 3. The number of carbonyl (C=O) groups excluding carboxylic acids is 1. The molecule has 0 radical (unpaired) electrons. The maximum Gasteiger partial charge on any atom is 0.170 e. The summed E-state index contributed by atoms with van der Waals surface area (Å²) in [5.74, 6) is 0.789. The minimum absolute atomic E-state index is 0.188. The summed E-state index contributed by atoms with van der Waals surface area (Å²) in [4.78, 5) is 12.6. The summed E-state index contributed by atoms with van der Waals surface area (Å²) < 4.78 is 5.10. The van der Waals surface area contributed by atoms with Gasteiger partial charge >= 0.3 is 0 Å². The van der Waals surface area contributed by atoms with E-state index in [0.717, 1.165) is 25.8 Å². The third-order valence-corrected chi connectivity index (χ3v) is 4.02. The average Bonchev–Trinajstić information content (AvgIpc) is 2.33. The Hall–Kier alpha value is -1.06. The van der Waals surface area contributed by atoms with Crippen molar-refractivity contribution in [2.75, 3.05) is 20.7 Å². The summed E-state index contributed by atoms with van der Waals surface area (Å²) in [6.07, 6.45) is 3.03. The van der Waals surface area contributed by atoms with Gasteiger partial charge in [0, 0.05) is 17.5 Å². The SMILES string of the molecule is CNCC1(C(=O)c2ccc(OC)c(Cl)c2)CCC1. The van der Waals surface area contributed by atoms with Gasteiger partial charge in [-0.1, -0.05) is 18.0 Å². The molecule has 0 saturated heterocycles. The van der Waals surface area contributed by atoms with E-state index >= 15 is 0 Å². The largest absolute Gasteiger partial charge is 0.495 e. The zero-order valence-corrected chi connectivity index (χ0v) is 11.5. The van der Waals surface area contributed by atoms with Crippen LogP contribution in [0.25, 0.3) is 0 Å². The van der Waals surface area contributed by atoms with Gasteiger partial charge < -0.3 is 10.1 Å². The Kier molecular flexibility index (Phi) is 3.93. The number of rotatable bonds is 5. The topological polar surface area (TPSA) is 38.3 Å². The molecule has 18 heavy (non-hydrogen) atoms. The van der Waals surface area contributed by atoms with Gasteiger partial charge in [-0.3, -0.25) is 4.79 Å². The molecular formula is C14H18ClNO2. The van der Waals surface area contributed by atoms with Gasteiger partial charge in [0.15, 0.2) is 5.78 Å². The van der Waals surface area contributed by atoms with E-state index in [2.05, 4.69) is 5.32 Å². The lowest BCUT2D eigenvalue weighted by molar-refractivity contribution is 0.0614. The molecule has 1 aliphatic carbocycles. The highest BCUT2D eigenvalue weighted by Crippen LogP contribution is 2.43. The molecule has 0 spiro atoms. The number of ketones is 1. The number of hydrogen-bond donors (Lipinski definition) is 1. The van der Waals surface area contributed by atoms with Gasteiger partial charge in [-0.15, -0.1) is 0 Å². The van der Waals surface area contributed by atoms with E-state index < -0.39 is 0 Å². The first-order valence-electron chi connectivity index (χ1n) is 6.16. The zero-order chi connectivity index (χ0) is 13.2. The van der Waals surface area contributed by atoms with Crippen molar-refractivity contribution < 1.29 is 9.53 Å². The van der Waals surface area contributed by atoms with Gasteiger partial charge in [-0.2, -0.15) is 0 Å². The lowest BCUT2D eigenvalue weighted by atomic mass is 9.64. The smallest absolute Gasteiger partial charge is 0.170 e. The second-order valence-corrected chi connectivity index (χ2v) is 5.25. The van der Waals surface area contributed by atoms with E-state index in [0.29, 0.717) is 16.3 Å². The van der Waals surface area contributed by atoms with Gasteiger partial charge in [0.05, 0.1) is 12.1 Å². The maximum absolute atomic E-state index is 12.6. The van der Waals surface area contributed by atoms with E-state index in [9.17, 15) is 4.79 Å². The first kappa shape index (κ1) is 13.4. The minimum atomic E-state index is -0.229. The molecule has 1 fully saturated rings. The summed E-state index contributed by atoms with van der Waals surface area (Å²) in [7, 11) is 3.45. The van der Waals surface area contributed by atoms with Crippen LogP contribution in [0.15, 0.2) is 18.2 Å². The Morgan fingerprint density at radius 3 is 2.67 bits per heavy atom. The van der Waals surface area contributed by atoms with Crippen molar-refractivity contribution in [2.24, 2.45) is 5.41 Å². The predicted molar refractivity (Wildman–Crippen MR) is 72.5 cm³/mol. The fourth-order valence-electron chi connectivity index (χ4n) is 2.54. The summed E-state index contributed by atoms with van der Waals surface area (Å²) in [6.45, 7) is 0.732. The molecule has 1 aromatic rings. The molecule has 3 nitrogen and oxygen atoms in total. The zero-order valence-electron chi connectivity index (χ0n) is 10.8. The van der Waals surface area contributed by atoms with Crippen LogP contribution in [0, 0.1) is 5.41 Å². The standard InChI is InChI=1S/C14H18ClNO2/c1-16-9-14(6-3-7-14)13(17)10-4-5-12(18-2)11(15)8-10/h4-5,8,16H,3,6-7,9H2,1-2H3. The quantitative estimate of drug-likeness (QED) is 0.834. The fourth-order valence-corrected chi connectivity index (χ4v) is 2.80. The Morgan fingerprint density at radius 2 is 2.22 bits per heavy atom. The molecule has 1 N–H and O–H groups in total. The first-order chi connectivity index (χ1) is 8.63. The van der Waals surface area contributed by atoms with Crippen LogP contribution in [0.2, 0.25) is 5.02 Å². The van der Waals surface area contributed by atoms with E-state index in [4.69, 9.17) is 16.3 Å². The van der Waals surface area contributed by atoms with Crippen molar-refractivity contribution in [3.05, 3.63) is 28.8 Å². The predicted octanol–water partition coefficient (Wildman–Crippen LogP) is 2.92. The second kappa shape index (κ2) is 5.29. The Morgan fingerprint density at radius 1 is 1.50 bits per heavy atom. The van der Waals surface area contributed by atoms with Crippen LogP contribution in [-0.4, -0.2) is 26.5 Å². The molecule has 1 saturated carbocycles. The highest BCUT2D eigenvalue weighted by molar-refractivity contribution is 6.32. The Bertz CT molecular complexity index is 455. The number of ether oxygens (including phenoxy) is 1. The lowest BCUT2D eigenvalue weighted by Crippen LogP contribution is -2.45. The molecule has 0 aromatic heterocycles. The highest BCUT2D eigenvalue weighted by Gasteiger charge is 2.43. The first-order valence-corrected chi connectivity index (χ1v) is 6.54. The number of halogens is 1. The minimum Gasteiger partial charge on any atom is -0.495 e. The van der Waals surface area contributed by atoms with E-state index in [1.54, 1.807) is 25.3 Å². The monoisotopic (exact) mass is 267 g/mol. The van der Waals surface area contributed by atoms with Crippen molar-refractivity contribution in [3.63, 3.8) is 0 Å². The van der Waals surface area contributed by atoms with E-state index in [-0.39, 0.29) is 11.2 Å². The van der Waals surface area contributed by atoms with Gasteiger partial charge in [0.25, 0.3) is 0 Å². The van der Waals surface area contributed by atoms with Crippen LogP contribution < -0.4 is 10.1 Å². The number of Topliss-reactive ketones (excluding diaryl/α,β-unsaturated/α-hetero) is 1. The van der Waals surface area contributed by atoms with Gasteiger partial charge in [-0.25, -0.2) is 0 Å². The molecule has 0 aliphatic heterocycles. The van der Waals surface area contributed by atoms with E-state index in [1.165, 1.54) is 0 Å². The van der Waals surface area contributed by atoms with Gasteiger partial charge in [-0.05, 0) is 38.1 Å². The van der Waals surface area contributed by atoms with Crippen LogP contribution in [-0.2, 0) is 0 Å². The summed E-state index contributed by atoms with van der Waals surface area (Å²) in [5.41, 5.74) is 0.447. The summed E-state index contributed by atoms with van der Waals surface area (Å²) in [5, 5.41) is 3.61. The molecule has 1 aromatic carbocycles. The fraction of sp³-hybridized carbons (Fsp3) is 0.500. The molecule has 0 amide bonds. The van der Waals surface area contributed by atoms with Crippen LogP contribution in [0.5, 0.6) is 5.75 Å². The molecule has 2 rings (SSSR count). The molecule has 4 heteroatoms. The Balaban J connectivity index is 2.25. The van der Waals surface area contributed by atoms with Crippen molar-refractivity contribution >= 4 is 17.4 Å². The van der Waals surface area contributed by atoms with Crippen molar-refractivity contribution in [1.29, 1.82) is 0 Å². The average molecular weight is 268 g/mol. The molecule has 0 bridgehead atoms. The third kappa shape index (κ3) is 2.25. The van der Waals surface area contributed by atoms with Gasteiger partial charge in [0.1, 0.15) is 5.75 Å². The normalized spacial score (nSPS) is 17.1. The van der Waals surface area contributed by atoms with Crippen LogP contribution >= 0.6 is 11.6 Å². The number of nitrogens with one attached hydrogen (secondary N) is 1. The summed E-state index contributed by atoms with van der Waals surface area (Å²) in [6, 6.07) is 5.25. The second-order valence-electron chi connectivity index (χ2n) is 4.84. The van der Waals surface area contributed by atoms with E-state index in [1.807, 2.05) is 7.05 Å². The molecule has 0 heterocycles. The number of methoxy groups -OCH3 is 1. The van der Waals surface area contributed by atoms with Crippen LogP contribution in [0.4, 0.5) is 0 Å². The van der Waals surface area contributed by atoms with Crippen molar-refractivity contribution in [2.45, 2.75) is 19.3 Å². The van der Waals surface area contributed by atoms with Crippen LogP contribution in [0.3, 0.4) is 0 Å². The lowest BCUT2D eigenvalue weighted by Gasteiger charge is -2.40. The highest BCUT2D eigenvalue weighted by atomic mass is 35.5. The molecule has 1 aliphatic rings. The third-order valence-electron chi connectivity index (χ3n) is 3.72. The van der Waals surface area contributed by atoms with Crippen molar-refractivity contribution in [3.8, 4) is 5.75 Å². The summed E-state index contributed by atoms with van der Waals surface area (Å²) >= 11 is 6.07. The maximum atomic E-state index is 12.6. The molecular weight excluding hydrogens is 250 g/mol. The van der Waals surface area contributed by atoms with Crippen molar-refractivity contribution in [1.82, 2.24) is 5.32 Å². The molecule has 98 valence electrons. The number of benzene rings is 1. The van der Waals surface area contributed by atoms with Gasteiger partial charge in [0.2, 0.25) is 0 Å².